The summed E-state index contributed by atoms with van der Waals surface area (Å²) in [5, 5.41) is 7.17. The van der Waals surface area contributed by atoms with Crippen molar-refractivity contribution in [2.75, 3.05) is 20.1 Å². The van der Waals surface area contributed by atoms with Crippen LogP contribution in [0.5, 0.6) is 0 Å². The maximum Gasteiger partial charge on any atom is 0.264 e. The second-order valence-electron chi connectivity index (χ2n) is 5.93. The number of likely N-dealkylation sites (tertiary alicyclic amines) is 1. The van der Waals surface area contributed by atoms with Crippen LogP contribution in [0.25, 0.3) is 0 Å². The van der Waals surface area contributed by atoms with Crippen LogP contribution in [0.3, 0.4) is 0 Å². The number of nitrogens with zero attached hydrogens (tertiary/aromatic N) is 2. The molecule has 5 nitrogen and oxygen atoms in total. The first-order chi connectivity index (χ1) is 10.6. The van der Waals surface area contributed by atoms with Crippen LogP contribution in [-0.2, 0) is 9.63 Å². The Bertz CT molecular complexity index is 583. The summed E-state index contributed by atoms with van der Waals surface area (Å²) in [6.07, 6.45) is 2.01. The Balaban J connectivity index is 1.54. The van der Waals surface area contributed by atoms with Gasteiger partial charge in [0.15, 0.2) is 0 Å². The van der Waals surface area contributed by atoms with Crippen molar-refractivity contribution in [3.8, 4) is 0 Å². The van der Waals surface area contributed by atoms with E-state index in [1.807, 2.05) is 24.3 Å². The van der Waals surface area contributed by atoms with Gasteiger partial charge in [-0.05, 0) is 45.1 Å². The van der Waals surface area contributed by atoms with Gasteiger partial charge in [0.25, 0.3) is 5.91 Å². The van der Waals surface area contributed by atoms with Crippen molar-refractivity contribution in [2.24, 2.45) is 5.16 Å². The van der Waals surface area contributed by atoms with E-state index < -0.39 is 6.10 Å². The first kappa shape index (κ1) is 15.5. The molecular weight excluding hydrogens is 346 g/mol. The van der Waals surface area contributed by atoms with Gasteiger partial charge in [0.2, 0.25) is 6.10 Å². The fourth-order valence-electron chi connectivity index (χ4n) is 2.80. The number of halogens is 1. The SMILES string of the molecule is CN1CCC(NC(=O)C2CC(c3cccc(Br)c3)=NO2)CC1. The molecule has 3 rings (SSSR count). The molecule has 1 unspecified atom stereocenters. The summed E-state index contributed by atoms with van der Waals surface area (Å²) < 4.78 is 0.993. The number of piperidine rings is 1. The van der Waals surface area contributed by atoms with Crippen LogP contribution in [0.2, 0.25) is 0 Å². The smallest absolute Gasteiger partial charge is 0.264 e. The molecule has 0 spiro atoms. The van der Waals surface area contributed by atoms with E-state index in [0.29, 0.717) is 6.42 Å². The number of amides is 1. The van der Waals surface area contributed by atoms with Crippen molar-refractivity contribution in [3.63, 3.8) is 0 Å². The first-order valence-electron chi connectivity index (χ1n) is 7.59. The molecule has 0 saturated carbocycles. The highest BCUT2D eigenvalue weighted by molar-refractivity contribution is 9.10. The molecule has 0 radical (unpaired) electrons. The van der Waals surface area contributed by atoms with E-state index in [1.165, 1.54) is 0 Å². The minimum Gasteiger partial charge on any atom is -0.382 e. The Morgan fingerprint density at radius 2 is 2.18 bits per heavy atom. The number of hydrogen-bond acceptors (Lipinski definition) is 4. The highest BCUT2D eigenvalue weighted by atomic mass is 79.9. The third kappa shape index (κ3) is 3.67. The Morgan fingerprint density at radius 3 is 2.91 bits per heavy atom. The number of benzene rings is 1. The van der Waals surface area contributed by atoms with E-state index in [1.54, 1.807) is 0 Å². The van der Waals surface area contributed by atoms with E-state index >= 15 is 0 Å². The second-order valence-corrected chi connectivity index (χ2v) is 6.85. The third-order valence-electron chi connectivity index (χ3n) is 4.18. The van der Waals surface area contributed by atoms with Gasteiger partial charge >= 0.3 is 0 Å². The van der Waals surface area contributed by atoms with Crippen LogP contribution >= 0.6 is 15.9 Å². The number of rotatable bonds is 3. The average Bonchev–Trinajstić information content (AvgIpc) is 3.00. The predicted molar refractivity (Wildman–Crippen MR) is 88.8 cm³/mol. The number of nitrogens with one attached hydrogen (secondary N) is 1. The standard InChI is InChI=1S/C16H20BrN3O2/c1-20-7-5-13(6-8-20)18-16(21)15-10-14(19-22-15)11-3-2-4-12(17)9-11/h2-4,9,13,15H,5-8,10H2,1H3,(H,18,21). The lowest BCUT2D eigenvalue weighted by Crippen LogP contribution is -2.46. The molecule has 2 aliphatic heterocycles. The van der Waals surface area contributed by atoms with E-state index in [9.17, 15) is 4.79 Å². The van der Waals surface area contributed by atoms with Crippen LogP contribution in [0.4, 0.5) is 0 Å². The van der Waals surface area contributed by atoms with Gasteiger partial charge in [-0.2, -0.15) is 0 Å². The zero-order valence-electron chi connectivity index (χ0n) is 12.6. The molecule has 1 saturated heterocycles. The summed E-state index contributed by atoms with van der Waals surface area (Å²) in [5.41, 5.74) is 1.81. The van der Waals surface area contributed by atoms with Crippen molar-refractivity contribution in [2.45, 2.75) is 31.4 Å². The fourth-order valence-corrected chi connectivity index (χ4v) is 3.20. The Labute approximate surface area is 138 Å². The van der Waals surface area contributed by atoms with E-state index in [4.69, 9.17) is 4.84 Å². The summed E-state index contributed by atoms with van der Waals surface area (Å²) in [4.78, 5) is 19.9. The first-order valence-corrected chi connectivity index (χ1v) is 8.38. The largest absolute Gasteiger partial charge is 0.382 e. The van der Waals surface area contributed by atoms with Gasteiger partial charge in [-0.1, -0.05) is 33.2 Å². The van der Waals surface area contributed by atoms with Crippen LogP contribution in [0, 0.1) is 0 Å². The maximum absolute atomic E-state index is 12.3. The van der Waals surface area contributed by atoms with Crippen LogP contribution < -0.4 is 5.32 Å². The van der Waals surface area contributed by atoms with Gasteiger partial charge in [-0.15, -0.1) is 0 Å². The summed E-state index contributed by atoms with van der Waals surface area (Å²) in [6.45, 7) is 2.05. The van der Waals surface area contributed by atoms with Crippen LogP contribution in [0.15, 0.2) is 33.9 Å². The molecule has 22 heavy (non-hydrogen) atoms. The lowest BCUT2D eigenvalue weighted by Gasteiger charge is -2.29. The van der Waals surface area contributed by atoms with Crippen LogP contribution in [-0.4, -0.2) is 48.8 Å². The number of carbonyl (C=O) groups is 1. The molecule has 6 heteroatoms. The number of hydrogen-bond donors (Lipinski definition) is 1. The Kier molecular flexibility index (Phi) is 4.78. The summed E-state index contributed by atoms with van der Waals surface area (Å²) in [6, 6.07) is 8.13. The van der Waals surface area contributed by atoms with Crippen molar-refractivity contribution >= 4 is 27.5 Å². The molecule has 1 fully saturated rings. The number of oxime groups is 1. The zero-order valence-corrected chi connectivity index (χ0v) is 14.2. The maximum atomic E-state index is 12.3. The van der Waals surface area contributed by atoms with Gasteiger partial charge in [0.05, 0.1) is 5.71 Å². The van der Waals surface area contributed by atoms with Crippen molar-refractivity contribution in [1.82, 2.24) is 10.2 Å². The van der Waals surface area contributed by atoms with Gasteiger partial charge in [-0.25, -0.2) is 0 Å². The average molecular weight is 366 g/mol. The van der Waals surface area contributed by atoms with Crippen molar-refractivity contribution < 1.29 is 9.63 Å². The zero-order chi connectivity index (χ0) is 15.5. The van der Waals surface area contributed by atoms with Gasteiger partial charge in [-0.3, -0.25) is 4.79 Å². The lowest BCUT2D eigenvalue weighted by atomic mass is 10.0. The second kappa shape index (κ2) is 6.79. The van der Waals surface area contributed by atoms with Gasteiger partial charge in [0, 0.05) is 22.5 Å². The minimum atomic E-state index is -0.506. The fraction of sp³-hybridized carbons (Fsp3) is 0.500. The molecule has 1 amide bonds. The summed E-state index contributed by atoms with van der Waals surface area (Å²) in [5.74, 6) is -0.0525. The van der Waals surface area contributed by atoms with Gasteiger partial charge in [0.1, 0.15) is 0 Å². The molecule has 1 aromatic carbocycles. The highest BCUT2D eigenvalue weighted by Gasteiger charge is 2.30. The van der Waals surface area contributed by atoms with Crippen LogP contribution in [0.1, 0.15) is 24.8 Å². The number of carbonyl (C=O) groups excluding carboxylic acids is 1. The molecule has 118 valence electrons. The Morgan fingerprint density at radius 1 is 1.41 bits per heavy atom. The molecule has 0 bridgehead atoms. The molecule has 2 aliphatic rings. The third-order valence-corrected chi connectivity index (χ3v) is 4.68. The Hall–Kier alpha value is -1.40. The molecule has 1 aromatic rings. The molecule has 0 aromatic heterocycles. The topological polar surface area (TPSA) is 53.9 Å². The molecular formula is C16H20BrN3O2. The van der Waals surface area contributed by atoms with E-state index in [-0.39, 0.29) is 11.9 Å². The highest BCUT2D eigenvalue weighted by Crippen LogP contribution is 2.20. The van der Waals surface area contributed by atoms with E-state index in [0.717, 1.165) is 41.7 Å². The summed E-state index contributed by atoms with van der Waals surface area (Å²) in [7, 11) is 2.11. The van der Waals surface area contributed by atoms with Gasteiger partial charge < -0.3 is 15.1 Å². The van der Waals surface area contributed by atoms with Crippen molar-refractivity contribution in [3.05, 3.63) is 34.3 Å². The van der Waals surface area contributed by atoms with Crippen molar-refractivity contribution in [1.29, 1.82) is 0 Å². The quantitative estimate of drug-likeness (QED) is 0.892. The van der Waals surface area contributed by atoms with E-state index in [2.05, 4.69) is 38.4 Å². The predicted octanol–water partition coefficient (Wildman–Crippen LogP) is 2.15. The molecule has 0 aliphatic carbocycles. The minimum absolute atomic E-state index is 0.0525. The molecule has 2 heterocycles. The monoisotopic (exact) mass is 365 g/mol. The molecule has 1 N–H and O–H groups in total. The summed E-state index contributed by atoms with van der Waals surface area (Å²) >= 11 is 3.44. The normalized spacial score (nSPS) is 23.0. The molecule has 1 atom stereocenters. The lowest BCUT2D eigenvalue weighted by molar-refractivity contribution is -0.132.